The number of alkyl carbamates (subject to hydrolysis) is 2. The number of benzene rings is 2. The molecule has 0 fully saturated rings. The summed E-state index contributed by atoms with van der Waals surface area (Å²) in [5, 5.41) is 26.2. The van der Waals surface area contributed by atoms with Crippen LogP contribution in [0, 0.1) is 44.3 Å². The van der Waals surface area contributed by atoms with E-state index >= 15 is 0 Å². The molecule has 0 aliphatic rings. The highest BCUT2D eigenvalue weighted by atomic mass is 28.4. The SMILES string of the molecule is CCC(C)(C)C(=O)OCCC[Si](OC)(OC)OC.CCC(C)(C)C(=O)OCCC[Si](OC)(OC)OC.CCC(C)(C)C(=O)OCCNC(=O)OCc1ccc(C(=O)[O-])cc1.CCC(C)(C)C(=O)OCCNC(=O)OCc1ccc(C(=O)[O-])cc1.CCCCC(CC)COC(=O)C(C)(C)CC.CCCCC(CC)COC(=O)C(C)(C)CC. The molecule has 2 rings (SSSR count). The van der Waals surface area contributed by atoms with Gasteiger partial charge in [-0.2, -0.15) is 0 Å². The van der Waals surface area contributed by atoms with Crippen molar-refractivity contribution in [3.8, 4) is 0 Å². The van der Waals surface area contributed by atoms with Crippen LogP contribution in [-0.4, -0.2) is 173 Å². The third kappa shape index (κ3) is 50.0. The number of amides is 2. The standard InChI is InChI=1S/2C17H23NO6.2C14H28O2.2C12H26O5Si/c2*1-4-17(2,3)15(21)23-10-9-18-16(22)24-11-12-5-7-13(8-6-12)14(19)20;2*1-6-9-10-12(7-2)11-16-13(15)14(4,5)8-3;2*1-7-12(2,3)11(13)17-9-8-10-18(14-4,15-5)16-6/h2*5-8H,4,9-11H2,1-3H3,(H,18,22)(H,19,20);2*12H,6-11H2,1-5H3;2*7-10H2,1-6H3/p-2. The third-order valence-electron chi connectivity index (χ3n) is 20.5. The number of unbranched alkanes of at least 4 members (excludes halogenated alkanes) is 2. The zero-order chi connectivity index (χ0) is 90.0. The van der Waals surface area contributed by atoms with Gasteiger partial charge in [0, 0.05) is 54.7 Å². The van der Waals surface area contributed by atoms with Crippen LogP contribution < -0.4 is 20.8 Å². The zero-order valence-corrected chi connectivity index (χ0v) is 78.2. The van der Waals surface area contributed by atoms with Crippen molar-refractivity contribution in [3.63, 3.8) is 0 Å². The van der Waals surface area contributed by atoms with Crippen LogP contribution in [0.1, 0.15) is 287 Å². The van der Waals surface area contributed by atoms with Crippen LogP contribution in [0.15, 0.2) is 48.5 Å². The summed E-state index contributed by atoms with van der Waals surface area (Å²) in [6.07, 6.45) is 14.0. The van der Waals surface area contributed by atoms with E-state index in [1.807, 2.05) is 96.9 Å². The van der Waals surface area contributed by atoms with Crippen LogP contribution >= 0.6 is 0 Å². The lowest BCUT2D eigenvalue weighted by atomic mass is 9.90. The van der Waals surface area contributed by atoms with Gasteiger partial charge in [0.25, 0.3) is 0 Å². The Labute approximate surface area is 698 Å². The van der Waals surface area contributed by atoms with Gasteiger partial charge in [0.2, 0.25) is 0 Å². The molecule has 672 valence electrons. The molecule has 0 spiro atoms. The minimum absolute atomic E-state index is 0.00180. The maximum atomic E-state index is 11.8. The predicted octanol–water partition coefficient (Wildman–Crippen LogP) is 15.3. The van der Waals surface area contributed by atoms with Crippen LogP contribution in [0.4, 0.5) is 9.59 Å². The minimum atomic E-state index is -2.53. The number of hydrogen-bond donors (Lipinski definition) is 2. The molecule has 0 heterocycles. The van der Waals surface area contributed by atoms with Gasteiger partial charge in [-0.1, -0.05) is 156 Å². The summed E-state index contributed by atoms with van der Waals surface area (Å²) < 4.78 is 73.1. The van der Waals surface area contributed by atoms with E-state index in [1.54, 1.807) is 70.4 Å². The highest BCUT2D eigenvalue weighted by Gasteiger charge is 2.39. The number of carbonyl (C=O) groups excluding carboxylic acids is 10. The van der Waals surface area contributed by atoms with Crippen molar-refractivity contribution < 1.29 is 123 Å². The number of ether oxygens (including phenoxy) is 8. The normalized spacial score (nSPS) is 12.1. The lowest BCUT2D eigenvalue weighted by Crippen LogP contribution is -2.42. The molecule has 0 aliphatic carbocycles. The summed E-state index contributed by atoms with van der Waals surface area (Å²) in [4.78, 5) is 115. The first-order valence-corrected chi connectivity index (χ1v) is 44.8. The molecule has 0 bridgehead atoms. The highest BCUT2D eigenvalue weighted by molar-refractivity contribution is 6.60. The Balaban J connectivity index is -0.000000654. The van der Waals surface area contributed by atoms with Gasteiger partial charge in [-0.15, -0.1) is 0 Å². The smallest absolute Gasteiger partial charge is 0.500 e. The molecule has 28 nitrogen and oxygen atoms in total. The second-order valence-corrected chi connectivity index (χ2v) is 38.0. The molecule has 0 aliphatic heterocycles. The molecule has 30 heteroatoms. The fourth-order valence-corrected chi connectivity index (χ4v) is 12.1. The van der Waals surface area contributed by atoms with Crippen molar-refractivity contribution in [1.82, 2.24) is 10.6 Å². The van der Waals surface area contributed by atoms with Crippen LogP contribution in [-0.2, 0) is 106 Å². The number of nitrogens with one attached hydrogen (secondary N) is 2. The molecule has 2 atom stereocenters. The van der Waals surface area contributed by atoms with Crippen molar-refractivity contribution in [2.45, 2.75) is 280 Å². The number of carboxylic acid groups (broad SMARTS) is 2. The largest absolute Gasteiger partial charge is 0.545 e. The maximum Gasteiger partial charge on any atom is 0.500 e. The van der Waals surface area contributed by atoms with Crippen molar-refractivity contribution in [2.75, 3.05) is 95.4 Å². The summed E-state index contributed by atoms with van der Waals surface area (Å²) in [5.41, 5.74) is -1.18. The molecule has 0 saturated heterocycles. The lowest BCUT2D eigenvalue weighted by Gasteiger charge is -2.24. The first kappa shape index (κ1) is 115. The molecule has 116 heavy (non-hydrogen) atoms. The Kier molecular flexibility index (Phi) is 61.7. The highest BCUT2D eigenvalue weighted by Crippen LogP contribution is 2.28. The van der Waals surface area contributed by atoms with Crippen molar-refractivity contribution in [3.05, 3.63) is 70.8 Å². The van der Waals surface area contributed by atoms with Crippen molar-refractivity contribution in [1.29, 1.82) is 0 Å². The van der Waals surface area contributed by atoms with E-state index in [-0.39, 0.29) is 97.3 Å². The van der Waals surface area contributed by atoms with Gasteiger partial charge >= 0.3 is 65.6 Å². The molecule has 0 aromatic heterocycles. The molecule has 0 saturated carbocycles. The fourth-order valence-electron chi connectivity index (χ4n) is 8.71. The Bertz CT molecular complexity index is 2840. The van der Waals surface area contributed by atoms with Crippen LogP contribution in [0.25, 0.3) is 0 Å². The van der Waals surface area contributed by atoms with Crippen LogP contribution in [0.2, 0.25) is 12.1 Å². The van der Waals surface area contributed by atoms with E-state index in [0.717, 1.165) is 38.5 Å². The van der Waals surface area contributed by atoms with Gasteiger partial charge in [-0.05, 0) is 181 Å². The zero-order valence-electron chi connectivity index (χ0n) is 76.2. The monoisotopic (exact) mass is 1690 g/mol. The van der Waals surface area contributed by atoms with E-state index in [9.17, 15) is 58.2 Å². The summed E-state index contributed by atoms with van der Waals surface area (Å²) in [7, 11) is 4.38. The van der Waals surface area contributed by atoms with Gasteiger partial charge in [0.05, 0.1) is 83.9 Å². The minimum Gasteiger partial charge on any atom is -0.545 e. The number of hydrogen-bond acceptors (Lipinski definition) is 26. The predicted molar refractivity (Wildman–Crippen MR) is 447 cm³/mol. The Hall–Kier alpha value is -7.07. The van der Waals surface area contributed by atoms with Crippen molar-refractivity contribution in [2.24, 2.45) is 44.3 Å². The van der Waals surface area contributed by atoms with E-state index in [1.165, 1.54) is 87.1 Å². The summed E-state index contributed by atoms with van der Waals surface area (Å²) in [6.45, 7) is 45.4. The molecule has 2 unspecified atom stereocenters. The number of carbonyl (C=O) groups is 10. The molecular formula is C86H152N2O26Si2-2. The van der Waals surface area contributed by atoms with Gasteiger partial charge in [0.15, 0.2) is 0 Å². The van der Waals surface area contributed by atoms with Crippen LogP contribution in [0.5, 0.6) is 0 Å². The fraction of sp³-hybridized carbons (Fsp3) is 0.744. The average Bonchev–Trinajstić information content (AvgIpc) is 0.886. The molecule has 2 amide bonds. The third-order valence-corrected chi connectivity index (χ3v) is 26.2. The van der Waals surface area contributed by atoms with Gasteiger partial charge < -0.3 is 94.9 Å². The first-order chi connectivity index (χ1) is 54.2. The first-order valence-electron chi connectivity index (χ1n) is 41.0. The molecule has 2 aromatic rings. The van der Waals surface area contributed by atoms with E-state index in [2.05, 4.69) is 38.3 Å². The van der Waals surface area contributed by atoms with Gasteiger partial charge in [0.1, 0.15) is 26.4 Å². The molecule has 2 aromatic carbocycles. The number of rotatable bonds is 50. The Morgan fingerprint density at radius 3 is 0.776 bits per heavy atom. The van der Waals surface area contributed by atoms with E-state index in [4.69, 9.17) is 64.5 Å². The quantitative estimate of drug-likeness (QED) is 0.0269. The Morgan fingerprint density at radius 2 is 0.569 bits per heavy atom. The molecule has 2 N–H and O–H groups in total. The summed E-state index contributed by atoms with van der Waals surface area (Å²) >= 11 is 0. The molecule has 0 radical (unpaired) electrons. The number of esters is 6. The number of carboxylic acids is 2. The number of aromatic carboxylic acids is 2. The second-order valence-electron chi connectivity index (χ2n) is 31.8. The summed E-state index contributed by atoms with van der Waals surface area (Å²) in [6, 6.07) is 12.9. The lowest BCUT2D eigenvalue weighted by molar-refractivity contribution is -0.256. The van der Waals surface area contributed by atoms with Gasteiger partial charge in [-0.25, -0.2) is 9.59 Å². The van der Waals surface area contributed by atoms with E-state index in [0.29, 0.717) is 87.2 Å². The van der Waals surface area contributed by atoms with Crippen molar-refractivity contribution >= 4 is 77.5 Å². The van der Waals surface area contributed by atoms with E-state index < -0.39 is 63.4 Å². The topological polar surface area (TPSA) is 370 Å². The Morgan fingerprint density at radius 1 is 0.336 bits per heavy atom. The molecular weight excluding hydrogens is 1530 g/mol. The second kappa shape index (κ2) is 62.1. The maximum absolute atomic E-state index is 11.8. The van der Waals surface area contributed by atoms with Gasteiger partial charge in [-0.3, -0.25) is 28.8 Å². The summed E-state index contributed by atoms with van der Waals surface area (Å²) in [5.74, 6) is -2.50. The average molecular weight is 1690 g/mol. The van der Waals surface area contributed by atoms with Crippen LogP contribution in [0.3, 0.4) is 0 Å².